The zero-order valence-electron chi connectivity index (χ0n) is 28.8. The van der Waals surface area contributed by atoms with Gasteiger partial charge in [-0.25, -0.2) is 13.2 Å². The van der Waals surface area contributed by atoms with E-state index in [0.29, 0.717) is 12.0 Å². The second kappa shape index (κ2) is 17.3. The Morgan fingerprint density at radius 2 is 1.66 bits per heavy atom. The zero-order chi connectivity index (χ0) is 36.4. The summed E-state index contributed by atoms with van der Waals surface area (Å²) in [7, 11) is -4.10. The van der Waals surface area contributed by atoms with Gasteiger partial charge < -0.3 is 20.5 Å². The van der Waals surface area contributed by atoms with Crippen LogP contribution in [0.15, 0.2) is 89.2 Å². The number of oxime groups is 1. The number of pyridine rings is 1. The fraction of sp³-hybridized carbons (Fsp3) is 0.417. The number of rotatable bonds is 17. The van der Waals surface area contributed by atoms with Crippen molar-refractivity contribution in [1.82, 2.24) is 24.4 Å². The largest absolute Gasteiger partial charge is 0.411 e. The van der Waals surface area contributed by atoms with Crippen molar-refractivity contribution in [3.63, 3.8) is 0 Å². The lowest BCUT2D eigenvalue weighted by Gasteiger charge is -2.34. The van der Waals surface area contributed by atoms with Crippen LogP contribution in [0.5, 0.6) is 0 Å². The molecular weight excluding hydrogens is 660 g/mol. The first-order valence-electron chi connectivity index (χ1n) is 16.7. The minimum absolute atomic E-state index is 0.00514. The number of hydrogen-bond acceptors (Lipinski definition) is 9. The SMILES string of the molecule is CC[C@H](C)[C@@H](C(=O)N[C@@H](Cc1ccccc1)[C@@H](O)CN(CC(C)C)S(=O)(=O)c1ccc(C=NO)cc1)N1CC(=O)N(Cc2ccncc2)C1=O. The van der Waals surface area contributed by atoms with Crippen molar-refractivity contribution in [1.29, 1.82) is 0 Å². The molecule has 2 aromatic carbocycles. The van der Waals surface area contributed by atoms with E-state index in [1.807, 2.05) is 58.0 Å². The quantitative estimate of drug-likeness (QED) is 0.0828. The highest BCUT2D eigenvalue weighted by atomic mass is 32.2. The molecule has 3 aromatic rings. The number of hydrogen-bond donors (Lipinski definition) is 3. The summed E-state index contributed by atoms with van der Waals surface area (Å²) in [6, 6.07) is 15.9. The highest BCUT2D eigenvalue weighted by Gasteiger charge is 2.45. The Bertz CT molecular complexity index is 1720. The molecule has 4 amide bonds. The standard InChI is InChI=1S/C36H46N6O7S/c1-5-26(4)34(42-24-33(44)41(36(42)46)22-29-15-17-37-18-16-29)35(45)39-31(19-27-9-7-6-8-10-27)32(43)23-40(21-25(2)3)50(48,49)30-13-11-28(12-14-30)20-38-47/h6-18,20,25-26,31-32,34,43,47H,5,19,21-24H2,1-4H3,(H,39,45)/t26-,31-,32-,34-/m0/s1. The molecule has 0 saturated carbocycles. The van der Waals surface area contributed by atoms with Crippen LogP contribution in [0.3, 0.4) is 0 Å². The van der Waals surface area contributed by atoms with Crippen LogP contribution < -0.4 is 5.32 Å². The van der Waals surface area contributed by atoms with Crippen molar-refractivity contribution in [2.45, 2.75) is 70.2 Å². The highest BCUT2D eigenvalue weighted by molar-refractivity contribution is 7.89. The molecule has 4 rings (SSSR count). The Balaban J connectivity index is 1.61. The first kappa shape index (κ1) is 38.1. The lowest BCUT2D eigenvalue weighted by Crippen LogP contribution is -2.57. The van der Waals surface area contributed by atoms with Crippen LogP contribution in [0.25, 0.3) is 0 Å². The number of amides is 4. The maximum atomic E-state index is 14.2. The van der Waals surface area contributed by atoms with Crippen molar-refractivity contribution in [2.75, 3.05) is 19.6 Å². The van der Waals surface area contributed by atoms with E-state index in [-0.39, 0.29) is 49.3 Å². The lowest BCUT2D eigenvalue weighted by molar-refractivity contribution is -0.129. The van der Waals surface area contributed by atoms with Crippen LogP contribution in [0, 0.1) is 11.8 Å². The number of aliphatic hydroxyl groups excluding tert-OH is 1. The van der Waals surface area contributed by atoms with Gasteiger partial charge in [0.25, 0.3) is 5.91 Å². The molecule has 2 heterocycles. The van der Waals surface area contributed by atoms with E-state index < -0.39 is 46.1 Å². The average Bonchev–Trinajstić information content (AvgIpc) is 3.36. The van der Waals surface area contributed by atoms with Gasteiger partial charge in [0.15, 0.2) is 0 Å². The molecule has 1 aromatic heterocycles. The fourth-order valence-corrected chi connectivity index (χ4v) is 7.53. The molecule has 0 aliphatic carbocycles. The summed E-state index contributed by atoms with van der Waals surface area (Å²) in [5.74, 6) is -1.42. The van der Waals surface area contributed by atoms with Gasteiger partial charge in [-0.3, -0.25) is 19.5 Å². The minimum atomic E-state index is -4.10. The Kier molecular flexibility index (Phi) is 13.2. The molecule has 268 valence electrons. The molecule has 0 radical (unpaired) electrons. The predicted molar refractivity (Wildman–Crippen MR) is 188 cm³/mol. The van der Waals surface area contributed by atoms with Crippen molar-refractivity contribution < 1.29 is 33.1 Å². The molecule has 1 aliphatic heterocycles. The number of sulfonamides is 1. The summed E-state index contributed by atoms with van der Waals surface area (Å²) >= 11 is 0. The Morgan fingerprint density at radius 1 is 1.00 bits per heavy atom. The summed E-state index contributed by atoms with van der Waals surface area (Å²) in [4.78, 5) is 47.3. The summed E-state index contributed by atoms with van der Waals surface area (Å²) < 4.78 is 29.0. The van der Waals surface area contributed by atoms with Crippen molar-refractivity contribution in [2.24, 2.45) is 17.0 Å². The number of imide groups is 1. The van der Waals surface area contributed by atoms with Gasteiger partial charge in [0.05, 0.1) is 29.8 Å². The van der Waals surface area contributed by atoms with Gasteiger partial charge in [0, 0.05) is 25.5 Å². The van der Waals surface area contributed by atoms with Crippen LogP contribution in [0.1, 0.15) is 50.8 Å². The second-order valence-corrected chi connectivity index (χ2v) is 14.9. The van der Waals surface area contributed by atoms with Crippen LogP contribution in [-0.2, 0) is 32.6 Å². The number of nitrogens with zero attached hydrogens (tertiary/aromatic N) is 5. The number of aromatic nitrogens is 1. The summed E-state index contributed by atoms with van der Waals surface area (Å²) in [5.41, 5.74) is 2.02. The molecule has 4 atom stereocenters. The Labute approximate surface area is 293 Å². The third-order valence-electron chi connectivity index (χ3n) is 8.74. The van der Waals surface area contributed by atoms with E-state index >= 15 is 0 Å². The van der Waals surface area contributed by atoms with Crippen molar-refractivity contribution in [3.8, 4) is 0 Å². The average molecular weight is 707 g/mol. The van der Waals surface area contributed by atoms with Crippen LogP contribution in [0.4, 0.5) is 4.79 Å². The van der Waals surface area contributed by atoms with E-state index in [9.17, 15) is 27.9 Å². The van der Waals surface area contributed by atoms with Crippen LogP contribution in [-0.4, -0.2) is 99.7 Å². The number of aliphatic hydroxyl groups is 1. The second-order valence-electron chi connectivity index (χ2n) is 13.0. The van der Waals surface area contributed by atoms with Gasteiger partial charge in [-0.1, -0.05) is 81.7 Å². The van der Waals surface area contributed by atoms with Crippen LogP contribution in [0.2, 0.25) is 0 Å². The molecule has 0 unspecified atom stereocenters. The maximum Gasteiger partial charge on any atom is 0.328 e. The molecule has 1 saturated heterocycles. The predicted octanol–water partition coefficient (Wildman–Crippen LogP) is 3.50. The molecule has 50 heavy (non-hydrogen) atoms. The summed E-state index contributed by atoms with van der Waals surface area (Å²) in [5, 5.41) is 26.5. The maximum absolute atomic E-state index is 14.2. The van der Waals surface area contributed by atoms with Gasteiger partial charge in [-0.2, -0.15) is 4.31 Å². The van der Waals surface area contributed by atoms with Crippen molar-refractivity contribution in [3.05, 3.63) is 95.8 Å². The van der Waals surface area contributed by atoms with Gasteiger partial charge in [0.1, 0.15) is 12.6 Å². The monoisotopic (exact) mass is 706 g/mol. The van der Waals surface area contributed by atoms with Crippen LogP contribution >= 0.6 is 0 Å². The smallest absolute Gasteiger partial charge is 0.328 e. The zero-order valence-corrected chi connectivity index (χ0v) is 29.6. The van der Waals surface area contributed by atoms with Gasteiger partial charge >= 0.3 is 6.03 Å². The third kappa shape index (κ3) is 9.52. The topological polar surface area (TPSA) is 173 Å². The molecule has 13 nitrogen and oxygen atoms in total. The van der Waals surface area contributed by atoms with E-state index in [1.165, 1.54) is 39.7 Å². The third-order valence-corrected chi connectivity index (χ3v) is 10.6. The normalized spacial score (nSPS) is 16.3. The highest BCUT2D eigenvalue weighted by Crippen LogP contribution is 2.24. The molecule has 0 spiro atoms. The Hall–Kier alpha value is -4.66. The molecule has 3 N–H and O–H groups in total. The van der Waals surface area contributed by atoms with E-state index in [2.05, 4.69) is 15.5 Å². The van der Waals surface area contributed by atoms with Gasteiger partial charge in [0.2, 0.25) is 15.9 Å². The summed E-state index contributed by atoms with van der Waals surface area (Å²) in [6.07, 6.45) is 3.67. The lowest BCUT2D eigenvalue weighted by atomic mass is 9.95. The molecule has 14 heteroatoms. The van der Waals surface area contributed by atoms with E-state index in [1.54, 1.807) is 24.5 Å². The number of urea groups is 1. The number of benzene rings is 2. The first-order chi connectivity index (χ1) is 23.8. The van der Waals surface area contributed by atoms with Crippen molar-refractivity contribution >= 4 is 34.1 Å². The van der Waals surface area contributed by atoms with E-state index in [0.717, 1.165) is 16.0 Å². The molecule has 1 aliphatic rings. The molecular formula is C36H46N6O7S. The number of carbonyl (C=O) groups excluding carboxylic acids is 3. The van der Waals surface area contributed by atoms with Gasteiger partial charge in [-0.15, -0.1) is 0 Å². The molecule has 1 fully saturated rings. The fourth-order valence-electron chi connectivity index (χ4n) is 5.91. The first-order valence-corrected chi connectivity index (χ1v) is 18.1. The Morgan fingerprint density at radius 3 is 2.26 bits per heavy atom. The number of carbonyl (C=O) groups is 3. The minimum Gasteiger partial charge on any atom is -0.411 e. The van der Waals surface area contributed by atoms with E-state index in [4.69, 9.17) is 5.21 Å². The summed E-state index contributed by atoms with van der Waals surface area (Å²) in [6.45, 7) is 6.97. The number of nitrogens with one attached hydrogen (secondary N) is 1. The van der Waals surface area contributed by atoms with Gasteiger partial charge in [-0.05, 0) is 59.2 Å². The molecule has 0 bridgehead atoms.